The molecule has 128 valence electrons. The Bertz CT molecular complexity index is 563. The van der Waals surface area contributed by atoms with Gasteiger partial charge in [0.15, 0.2) is 0 Å². The lowest BCUT2D eigenvalue weighted by atomic mass is 9.98. The van der Waals surface area contributed by atoms with Crippen LogP contribution in [0.4, 0.5) is 18.9 Å². The Labute approximate surface area is 136 Å². The Hall–Kier alpha value is -1.38. The van der Waals surface area contributed by atoms with E-state index in [0.29, 0.717) is 31.7 Å². The Balaban J connectivity index is 2.31. The van der Waals surface area contributed by atoms with E-state index in [2.05, 4.69) is 5.32 Å². The van der Waals surface area contributed by atoms with Gasteiger partial charge in [0.05, 0.1) is 4.92 Å². The highest BCUT2D eigenvalue weighted by molar-refractivity contribution is 6.31. The van der Waals surface area contributed by atoms with E-state index in [1.807, 2.05) is 4.90 Å². The summed E-state index contributed by atoms with van der Waals surface area (Å²) in [6.45, 7) is 2.47. The average Bonchev–Trinajstić information content (AvgIpc) is 2.49. The molecule has 0 bridgehead atoms. The van der Waals surface area contributed by atoms with Crippen molar-refractivity contribution >= 4 is 17.3 Å². The predicted molar refractivity (Wildman–Crippen MR) is 80.6 cm³/mol. The zero-order valence-electron chi connectivity index (χ0n) is 12.3. The van der Waals surface area contributed by atoms with E-state index in [-0.39, 0.29) is 17.1 Å². The van der Waals surface area contributed by atoms with Crippen LogP contribution in [0.3, 0.4) is 0 Å². The second-order valence-corrected chi connectivity index (χ2v) is 5.83. The van der Waals surface area contributed by atoms with Gasteiger partial charge in [-0.2, -0.15) is 13.2 Å². The first-order chi connectivity index (χ1) is 10.8. The molecule has 1 aromatic carbocycles. The van der Waals surface area contributed by atoms with Crippen molar-refractivity contribution in [2.75, 3.05) is 26.2 Å². The summed E-state index contributed by atoms with van der Waals surface area (Å²) in [6.07, 6.45) is -5.41. The number of hydrogen-bond acceptors (Lipinski definition) is 4. The van der Waals surface area contributed by atoms with E-state index < -0.39 is 23.6 Å². The van der Waals surface area contributed by atoms with Crippen LogP contribution in [0, 0.1) is 10.1 Å². The number of halogens is 4. The molecule has 0 aliphatic carbocycles. The molecular weight excluding hydrogens is 335 g/mol. The standard InChI is InChI=1S/C14H17ClF3N3O2/c15-12-2-1-10(21(22)23)9-11(12)13(3-4-14(16,17)18)20-7-5-19-6-8-20/h1-2,9,13,19H,3-8H2/t13-/m1/s1. The Kier molecular flexibility index (Phi) is 5.83. The Morgan fingerprint density at radius 3 is 2.57 bits per heavy atom. The maximum atomic E-state index is 12.6. The van der Waals surface area contributed by atoms with Crippen LogP contribution in [0.1, 0.15) is 24.4 Å². The van der Waals surface area contributed by atoms with Gasteiger partial charge in [0.1, 0.15) is 0 Å². The molecule has 1 aromatic rings. The van der Waals surface area contributed by atoms with Crippen molar-refractivity contribution in [1.29, 1.82) is 0 Å². The quantitative estimate of drug-likeness (QED) is 0.651. The summed E-state index contributed by atoms with van der Waals surface area (Å²) in [7, 11) is 0. The fraction of sp³-hybridized carbons (Fsp3) is 0.571. The molecule has 1 heterocycles. The van der Waals surface area contributed by atoms with E-state index in [9.17, 15) is 23.3 Å². The highest BCUT2D eigenvalue weighted by atomic mass is 35.5. The van der Waals surface area contributed by atoms with Crippen LogP contribution >= 0.6 is 11.6 Å². The molecule has 0 saturated carbocycles. The van der Waals surface area contributed by atoms with Crippen molar-refractivity contribution in [3.8, 4) is 0 Å². The Morgan fingerprint density at radius 2 is 2.00 bits per heavy atom. The highest BCUT2D eigenvalue weighted by Crippen LogP contribution is 2.36. The van der Waals surface area contributed by atoms with Gasteiger partial charge >= 0.3 is 6.18 Å². The number of piperazine rings is 1. The molecule has 1 fully saturated rings. The number of benzene rings is 1. The van der Waals surface area contributed by atoms with Crippen LogP contribution in [-0.4, -0.2) is 42.2 Å². The van der Waals surface area contributed by atoms with Gasteiger partial charge in [0, 0.05) is 55.8 Å². The SMILES string of the molecule is O=[N+]([O-])c1ccc(Cl)c([C@@H](CCC(F)(F)F)N2CCNCC2)c1. The van der Waals surface area contributed by atoms with Crippen LogP contribution in [-0.2, 0) is 0 Å². The molecule has 5 nitrogen and oxygen atoms in total. The maximum Gasteiger partial charge on any atom is 0.389 e. The lowest BCUT2D eigenvalue weighted by molar-refractivity contribution is -0.385. The zero-order valence-corrected chi connectivity index (χ0v) is 13.0. The first-order valence-electron chi connectivity index (χ1n) is 7.23. The van der Waals surface area contributed by atoms with Gasteiger partial charge in [-0.05, 0) is 18.1 Å². The van der Waals surface area contributed by atoms with E-state index in [1.165, 1.54) is 18.2 Å². The molecule has 0 aromatic heterocycles. The first kappa shape index (κ1) is 18.0. The van der Waals surface area contributed by atoms with Gasteiger partial charge in [-0.3, -0.25) is 15.0 Å². The third kappa shape index (κ3) is 5.05. The minimum atomic E-state index is -4.28. The molecule has 1 aliphatic heterocycles. The maximum absolute atomic E-state index is 12.6. The molecule has 0 spiro atoms. The fourth-order valence-electron chi connectivity index (χ4n) is 2.73. The van der Waals surface area contributed by atoms with Crippen molar-refractivity contribution in [3.63, 3.8) is 0 Å². The molecule has 0 radical (unpaired) electrons. The van der Waals surface area contributed by atoms with Crippen LogP contribution < -0.4 is 5.32 Å². The number of nitrogens with zero attached hydrogens (tertiary/aromatic N) is 2. The Morgan fingerprint density at radius 1 is 1.35 bits per heavy atom. The van der Waals surface area contributed by atoms with Gasteiger partial charge < -0.3 is 5.32 Å². The van der Waals surface area contributed by atoms with Crippen molar-refractivity contribution in [2.45, 2.75) is 25.1 Å². The summed E-state index contributed by atoms with van der Waals surface area (Å²) < 4.78 is 37.9. The molecule has 1 saturated heterocycles. The largest absolute Gasteiger partial charge is 0.389 e. The zero-order chi connectivity index (χ0) is 17.0. The topological polar surface area (TPSA) is 58.4 Å². The summed E-state index contributed by atoms with van der Waals surface area (Å²) in [5, 5.41) is 14.3. The smallest absolute Gasteiger partial charge is 0.314 e. The average molecular weight is 352 g/mol. The lowest BCUT2D eigenvalue weighted by Gasteiger charge is -2.35. The number of nitrogens with one attached hydrogen (secondary N) is 1. The molecular formula is C14H17ClF3N3O2. The van der Waals surface area contributed by atoms with Crippen molar-refractivity contribution in [2.24, 2.45) is 0 Å². The molecule has 0 amide bonds. The summed E-state index contributed by atoms with van der Waals surface area (Å²) in [4.78, 5) is 12.3. The van der Waals surface area contributed by atoms with Gasteiger partial charge in [-0.15, -0.1) is 0 Å². The van der Waals surface area contributed by atoms with Crippen LogP contribution in [0.5, 0.6) is 0 Å². The number of nitro benzene ring substituents is 1. The van der Waals surface area contributed by atoms with Crippen molar-refractivity contribution in [1.82, 2.24) is 10.2 Å². The monoisotopic (exact) mass is 351 g/mol. The number of hydrogen-bond donors (Lipinski definition) is 1. The first-order valence-corrected chi connectivity index (χ1v) is 7.61. The molecule has 23 heavy (non-hydrogen) atoms. The van der Waals surface area contributed by atoms with Crippen LogP contribution in [0.25, 0.3) is 0 Å². The number of alkyl halides is 3. The normalized spacial score (nSPS) is 17.9. The van der Waals surface area contributed by atoms with Gasteiger partial charge in [-0.25, -0.2) is 0 Å². The number of rotatable bonds is 5. The minimum Gasteiger partial charge on any atom is -0.314 e. The third-order valence-electron chi connectivity index (χ3n) is 3.84. The van der Waals surface area contributed by atoms with Crippen LogP contribution in [0.2, 0.25) is 5.02 Å². The second kappa shape index (κ2) is 7.46. The molecule has 1 aliphatic rings. The van der Waals surface area contributed by atoms with E-state index in [1.54, 1.807) is 0 Å². The van der Waals surface area contributed by atoms with E-state index in [4.69, 9.17) is 11.6 Å². The second-order valence-electron chi connectivity index (χ2n) is 5.42. The molecule has 9 heteroatoms. The molecule has 1 N–H and O–H groups in total. The predicted octanol–water partition coefficient (Wildman–Crippen LogP) is 3.54. The summed E-state index contributed by atoms with van der Waals surface area (Å²) >= 11 is 6.12. The van der Waals surface area contributed by atoms with Gasteiger partial charge in [-0.1, -0.05) is 11.6 Å². The van der Waals surface area contributed by atoms with Gasteiger partial charge in [0.25, 0.3) is 5.69 Å². The number of non-ortho nitro benzene ring substituents is 1. The van der Waals surface area contributed by atoms with Crippen molar-refractivity contribution in [3.05, 3.63) is 38.9 Å². The fourth-order valence-corrected chi connectivity index (χ4v) is 2.97. The lowest BCUT2D eigenvalue weighted by Crippen LogP contribution is -2.45. The number of nitro groups is 1. The van der Waals surface area contributed by atoms with Gasteiger partial charge in [0.2, 0.25) is 0 Å². The molecule has 1 atom stereocenters. The minimum absolute atomic E-state index is 0.170. The van der Waals surface area contributed by atoms with Crippen LogP contribution in [0.15, 0.2) is 18.2 Å². The highest BCUT2D eigenvalue weighted by Gasteiger charge is 2.32. The third-order valence-corrected chi connectivity index (χ3v) is 4.19. The molecule has 0 unspecified atom stereocenters. The van der Waals surface area contributed by atoms with E-state index >= 15 is 0 Å². The van der Waals surface area contributed by atoms with Crippen molar-refractivity contribution < 1.29 is 18.1 Å². The summed E-state index contributed by atoms with van der Waals surface area (Å²) in [5.74, 6) is 0. The van der Waals surface area contributed by atoms with E-state index in [0.717, 1.165) is 0 Å². The molecule has 2 rings (SSSR count). The summed E-state index contributed by atoms with van der Waals surface area (Å²) in [5.41, 5.74) is 0.212. The summed E-state index contributed by atoms with van der Waals surface area (Å²) in [6, 6.07) is 3.32.